The van der Waals surface area contributed by atoms with Gasteiger partial charge in [-0.15, -0.1) is 0 Å². The van der Waals surface area contributed by atoms with Gasteiger partial charge in [0.25, 0.3) is 0 Å². The Kier molecular flexibility index (Phi) is 4.78. The average molecular weight is 370 g/mol. The zero-order valence-electron chi connectivity index (χ0n) is 10.1. The monoisotopic (exact) mass is 368 g/mol. The topological polar surface area (TPSA) is 16.1 Å². The Labute approximate surface area is 124 Å². The zero-order chi connectivity index (χ0) is 13.0. The number of pyridine rings is 1. The maximum Gasteiger partial charge on any atom is 0.132 e. The predicted octanol–water partition coefficient (Wildman–Crippen LogP) is 4.38. The minimum atomic E-state index is 0.820. The van der Waals surface area contributed by atoms with Crippen LogP contribution in [0.5, 0.6) is 0 Å². The van der Waals surface area contributed by atoms with Gasteiger partial charge in [-0.1, -0.05) is 50.1 Å². The van der Waals surface area contributed by atoms with Crippen LogP contribution in [0.15, 0.2) is 47.1 Å². The summed E-state index contributed by atoms with van der Waals surface area (Å²) >= 11 is 6.95. The molecule has 1 aromatic carbocycles. The quantitative estimate of drug-likeness (QED) is 0.743. The van der Waals surface area contributed by atoms with E-state index in [1.54, 1.807) is 0 Å². The number of hydrogen-bond donors (Lipinski definition) is 0. The van der Waals surface area contributed by atoms with Crippen molar-refractivity contribution >= 4 is 37.7 Å². The molecule has 2 rings (SSSR count). The highest BCUT2D eigenvalue weighted by atomic mass is 79.9. The molecular weight excluding hydrogens is 356 g/mol. The van der Waals surface area contributed by atoms with Crippen LogP contribution in [0.1, 0.15) is 11.1 Å². The van der Waals surface area contributed by atoms with Crippen molar-refractivity contribution < 1.29 is 0 Å². The van der Waals surface area contributed by atoms with E-state index in [0.717, 1.165) is 22.2 Å². The highest BCUT2D eigenvalue weighted by Crippen LogP contribution is 2.20. The molecule has 1 aromatic heterocycles. The second-order valence-corrected chi connectivity index (χ2v) is 5.58. The fraction of sp³-hybridized carbons (Fsp3) is 0.214. The number of anilines is 1. The Balaban J connectivity index is 2.16. The van der Waals surface area contributed by atoms with Gasteiger partial charge in [0.2, 0.25) is 0 Å². The summed E-state index contributed by atoms with van der Waals surface area (Å²) in [5.41, 5.74) is 2.48. The van der Waals surface area contributed by atoms with Gasteiger partial charge in [-0.2, -0.15) is 0 Å². The average Bonchev–Trinajstić information content (AvgIpc) is 2.41. The van der Waals surface area contributed by atoms with Gasteiger partial charge in [0.1, 0.15) is 5.82 Å². The maximum atomic E-state index is 4.45. The van der Waals surface area contributed by atoms with Crippen LogP contribution in [0.3, 0.4) is 0 Å². The number of halogens is 2. The fourth-order valence-electron chi connectivity index (χ4n) is 1.82. The van der Waals surface area contributed by atoms with Gasteiger partial charge in [0.15, 0.2) is 0 Å². The molecule has 0 bridgehead atoms. The first-order chi connectivity index (χ1) is 8.70. The third-order valence-corrected chi connectivity index (χ3v) is 3.84. The van der Waals surface area contributed by atoms with Gasteiger partial charge < -0.3 is 4.90 Å². The lowest BCUT2D eigenvalue weighted by Gasteiger charge is -2.20. The van der Waals surface area contributed by atoms with E-state index in [4.69, 9.17) is 0 Å². The molecule has 0 aliphatic carbocycles. The Morgan fingerprint density at radius 2 is 1.89 bits per heavy atom. The third-order valence-electron chi connectivity index (χ3n) is 2.71. The molecular formula is C14H14Br2N2. The summed E-state index contributed by atoms with van der Waals surface area (Å²) in [5, 5.41) is 0.820. The number of hydrogen-bond acceptors (Lipinski definition) is 2. The third kappa shape index (κ3) is 3.33. The molecule has 18 heavy (non-hydrogen) atoms. The van der Waals surface area contributed by atoms with Crippen LogP contribution >= 0.6 is 31.9 Å². The van der Waals surface area contributed by atoms with Gasteiger partial charge in [-0.05, 0) is 23.8 Å². The number of alkyl halides is 1. The molecule has 4 heteroatoms. The van der Waals surface area contributed by atoms with Crippen LogP contribution in [0.2, 0.25) is 0 Å². The van der Waals surface area contributed by atoms with Crippen LogP contribution in [0, 0.1) is 0 Å². The molecule has 0 aliphatic heterocycles. The SMILES string of the molecule is CN(Cc1ccc(Br)cc1)c1ncccc1CBr. The largest absolute Gasteiger partial charge is 0.355 e. The minimum absolute atomic E-state index is 0.820. The van der Waals surface area contributed by atoms with E-state index in [-0.39, 0.29) is 0 Å². The smallest absolute Gasteiger partial charge is 0.132 e. The molecule has 0 saturated carbocycles. The molecule has 2 aromatic rings. The first-order valence-corrected chi connectivity index (χ1v) is 7.57. The molecule has 94 valence electrons. The molecule has 0 fully saturated rings. The molecule has 0 radical (unpaired) electrons. The Bertz CT molecular complexity index is 511. The van der Waals surface area contributed by atoms with E-state index in [1.165, 1.54) is 11.1 Å². The molecule has 0 spiro atoms. The normalized spacial score (nSPS) is 10.4. The van der Waals surface area contributed by atoms with E-state index in [1.807, 2.05) is 12.3 Å². The van der Waals surface area contributed by atoms with E-state index in [0.29, 0.717) is 0 Å². The molecule has 0 amide bonds. The zero-order valence-corrected chi connectivity index (χ0v) is 13.3. The van der Waals surface area contributed by atoms with Gasteiger partial charge in [-0.25, -0.2) is 4.98 Å². The van der Waals surface area contributed by atoms with Crippen molar-refractivity contribution in [1.29, 1.82) is 0 Å². The summed E-state index contributed by atoms with van der Waals surface area (Å²) in [6.45, 7) is 0.851. The molecule has 1 heterocycles. The second kappa shape index (κ2) is 6.34. The van der Waals surface area contributed by atoms with Crippen molar-refractivity contribution in [3.63, 3.8) is 0 Å². The summed E-state index contributed by atoms with van der Waals surface area (Å²) in [6, 6.07) is 12.4. The van der Waals surface area contributed by atoms with Gasteiger partial charge in [0, 0.05) is 35.2 Å². The maximum absolute atomic E-state index is 4.45. The van der Waals surface area contributed by atoms with Crippen LogP contribution in [0.25, 0.3) is 0 Å². The van der Waals surface area contributed by atoms with Crippen LogP contribution in [-0.2, 0) is 11.9 Å². The Morgan fingerprint density at radius 3 is 2.56 bits per heavy atom. The minimum Gasteiger partial charge on any atom is -0.355 e. The number of aromatic nitrogens is 1. The Hall–Kier alpha value is -0.870. The molecule has 0 unspecified atom stereocenters. The summed E-state index contributed by atoms with van der Waals surface area (Å²) in [7, 11) is 2.07. The van der Waals surface area contributed by atoms with Crippen LogP contribution < -0.4 is 4.90 Å². The van der Waals surface area contributed by atoms with Gasteiger partial charge in [0.05, 0.1) is 0 Å². The number of rotatable bonds is 4. The first-order valence-electron chi connectivity index (χ1n) is 5.66. The van der Waals surface area contributed by atoms with E-state index < -0.39 is 0 Å². The standard InChI is InChI=1S/C14H14Br2N2/c1-18(10-11-4-6-13(16)7-5-11)14-12(9-15)3-2-8-17-14/h2-8H,9-10H2,1H3. The lowest BCUT2D eigenvalue weighted by molar-refractivity contribution is 0.889. The molecule has 0 N–H and O–H groups in total. The van der Waals surface area contributed by atoms with Crippen molar-refractivity contribution in [3.8, 4) is 0 Å². The van der Waals surface area contributed by atoms with Gasteiger partial charge in [-0.3, -0.25) is 0 Å². The second-order valence-electron chi connectivity index (χ2n) is 4.10. The van der Waals surface area contributed by atoms with Crippen LogP contribution in [0.4, 0.5) is 5.82 Å². The van der Waals surface area contributed by atoms with Crippen molar-refractivity contribution in [3.05, 3.63) is 58.2 Å². The van der Waals surface area contributed by atoms with E-state index in [9.17, 15) is 0 Å². The van der Waals surface area contributed by atoms with Crippen LogP contribution in [-0.4, -0.2) is 12.0 Å². The summed E-state index contributed by atoms with van der Waals surface area (Å²) in [4.78, 5) is 6.62. The fourth-order valence-corrected chi connectivity index (χ4v) is 2.52. The first kappa shape index (κ1) is 13.6. The van der Waals surface area contributed by atoms with Gasteiger partial charge >= 0.3 is 0 Å². The van der Waals surface area contributed by atoms with Crippen molar-refractivity contribution in [2.75, 3.05) is 11.9 Å². The number of nitrogens with zero attached hydrogens (tertiary/aromatic N) is 2. The van der Waals surface area contributed by atoms with E-state index >= 15 is 0 Å². The molecule has 0 aliphatic rings. The summed E-state index contributed by atoms with van der Waals surface area (Å²) in [6.07, 6.45) is 1.83. The summed E-state index contributed by atoms with van der Waals surface area (Å²) in [5.74, 6) is 1.03. The highest BCUT2D eigenvalue weighted by molar-refractivity contribution is 9.10. The van der Waals surface area contributed by atoms with Crippen molar-refractivity contribution in [1.82, 2.24) is 4.98 Å². The molecule has 0 atom stereocenters. The molecule has 0 saturated heterocycles. The lowest BCUT2D eigenvalue weighted by atomic mass is 10.2. The van der Waals surface area contributed by atoms with Crippen molar-refractivity contribution in [2.45, 2.75) is 11.9 Å². The lowest BCUT2D eigenvalue weighted by Crippen LogP contribution is -2.19. The number of benzene rings is 1. The molecule has 2 nitrogen and oxygen atoms in total. The summed E-state index contributed by atoms with van der Waals surface area (Å²) < 4.78 is 1.10. The van der Waals surface area contributed by atoms with Crippen molar-refractivity contribution in [2.24, 2.45) is 0 Å². The highest BCUT2D eigenvalue weighted by Gasteiger charge is 2.08. The van der Waals surface area contributed by atoms with E-state index in [2.05, 4.69) is 79.1 Å². The Morgan fingerprint density at radius 1 is 1.17 bits per heavy atom. The predicted molar refractivity (Wildman–Crippen MR) is 83.1 cm³/mol.